The van der Waals surface area contributed by atoms with Crippen LogP contribution in [0.15, 0.2) is 12.1 Å². The summed E-state index contributed by atoms with van der Waals surface area (Å²) in [5.41, 5.74) is 2.17. The summed E-state index contributed by atoms with van der Waals surface area (Å²) >= 11 is 12.3. The van der Waals surface area contributed by atoms with E-state index in [-0.39, 0.29) is 11.9 Å². The van der Waals surface area contributed by atoms with Gasteiger partial charge in [0.05, 0.1) is 12.6 Å². The molecule has 0 spiro atoms. The molecule has 1 amide bonds. The van der Waals surface area contributed by atoms with E-state index in [0.29, 0.717) is 23.1 Å². The van der Waals surface area contributed by atoms with Gasteiger partial charge >= 0.3 is 0 Å². The molecular weight excluding hydrogens is 271 g/mol. The minimum atomic E-state index is -0.000586. The van der Waals surface area contributed by atoms with Gasteiger partial charge in [-0.3, -0.25) is 4.79 Å². The number of nitrogens with zero attached hydrogens (tertiary/aromatic N) is 1. The Hall–Kier alpha value is -0.770. The molecule has 98 valence electrons. The molecule has 1 aromatic rings. The average Bonchev–Trinajstić information content (AvgIpc) is 2.28. The van der Waals surface area contributed by atoms with Gasteiger partial charge in [0, 0.05) is 16.6 Å². The number of hydrogen-bond donors (Lipinski definition) is 1. The van der Waals surface area contributed by atoms with E-state index in [9.17, 15) is 4.79 Å². The predicted molar refractivity (Wildman–Crippen MR) is 74.2 cm³/mol. The molecule has 0 fully saturated rings. The van der Waals surface area contributed by atoms with E-state index in [2.05, 4.69) is 5.32 Å². The number of likely N-dealkylation sites (N-methyl/N-ethyl adjacent to an activating group) is 1. The fraction of sp³-hybridized carbons (Fsp3) is 0.462. The van der Waals surface area contributed by atoms with E-state index in [1.165, 1.54) is 0 Å². The quantitative estimate of drug-likeness (QED) is 0.907. The normalized spacial score (nSPS) is 18.7. The average molecular weight is 287 g/mol. The van der Waals surface area contributed by atoms with Crippen LogP contribution in [0.4, 0.5) is 0 Å². The Kier molecular flexibility index (Phi) is 4.15. The third-order valence-corrected chi connectivity index (χ3v) is 3.87. The number of halogens is 2. The zero-order valence-corrected chi connectivity index (χ0v) is 12.0. The second-order valence-electron chi connectivity index (χ2n) is 4.50. The Morgan fingerprint density at radius 3 is 2.89 bits per heavy atom. The first kappa shape index (κ1) is 13.7. The number of carbonyl (C=O) groups is 1. The molecule has 0 aromatic heterocycles. The molecule has 5 heteroatoms. The van der Waals surface area contributed by atoms with Crippen molar-refractivity contribution in [2.45, 2.75) is 19.4 Å². The van der Waals surface area contributed by atoms with E-state index in [4.69, 9.17) is 23.2 Å². The lowest BCUT2D eigenvalue weighted by Crippen LogP contribution is -2.42. The lowest BCUT2D eigenvalue weighted by molar-refractivity contribution is -0.132. The SMILES string of the molecule is CNCC(=O)N1CCc2cc(Cl)cc(Cl)c2C1C. The van der Waals surface area contributed by atoms with E-state index < -0.39 is 0 Å². The summed E-state index contributed by atoms with van der Waals surface area (Å²) < 4.78 is 0. The lowest BCUT2D eigenvalue weighted by atomic mass is 9.93. The molecule has 1 aliphatic rings. The largest absolute Gasteiger partial charge is 0.334 e. The van der Waals surface area contributed by atoms with Crippen molar-refractivity contribution in [2.75, 3.05) is 20.1 Å². The van der Waals surface area contributed by atoms with E-state index in [0.717, 1.165) is 17.5 Å². The molecule has 0 aliphatic carbocycles. The summed E-state index contributed by atoms with van der Waals surface area (Å²) in [5, 5.41) is 4.19. The molecule has 3 nitrogen and oxygen atoms in total. The monoisotopic (exact) mass is 286 g/mol. The maximum Gasteiger partial charge on any atom is 0.237 e. The molecule has 1 heterocycles. The van der Waals surface area contributed by atoms with Crippen molar-refractivity contribution in [2.24, 2.45) is 0 Å². The molecule has 0 bridgehead atoms. The molecule has 1 atom stereocenters. The van der Waals surface area contributed by atoms with Crippen LogP contribution in [0.5, 0.6) is 0 Å². The molecule has 18 heavy (non-hydrogen) atoms. The Bertz CT molecular complexity index is 476. The summed E-state index contributed by atoms with van der Waals surface area (Å²) in [7, 11) is 1.77. The zero-order chi connectivity index (χ0) is 13.3. The van der Waals surface area contributed by atoms with Gasteiger partial charge in [-0.25, -0.2) is 0 Å². The topological polar surface area (TPSA) is 32.3 Å². The highest BCUT2D eigenvalue weighted by Crippen LogP contribution is 2.36. The predicted octanol–water partition coefficient (Wildman–Crippen LogP) is 2.66. The highest BCUT2D eigenvalue weighted by molar-refractivity contribution is 6.35. The van der Waals surface area contributed by atoms with Crippen LogP contribution in [0.25, 0.3) is 0 Å². The zero-order valence-electron chi connectivity index (χ0n) is 10.5. The van der Waals surface area contributed by atoms with Gasteiger partial charge in [0.25, 0.3) is 0 Å². The molecule has 2 rings (SSSR count). The number of fused-ring (bicyclic) bond motifs is 1. The number of benzene rings is 1. The van der Waals surface area contributed by atoms with Gasteiger partial charge in [-0.05, 0) is 43.7 Å². The van der Waals surface area contributed by atoms with Gasteiger partial charge < -0.3 is 10.2 Å². The van der Waals surface area contributed by atoms with Crippen LogP contribution in [0.2, 0.25) is 10.0 Å². The summed E-state index contributed by atoms with van der Waals surface area (Å²) in [6, 6.07) is 3.68. The van der Waals surface area contributed by atoms with E-state index in [1.807, 2.05) is 17.9 Å². The van der Waals surface area contributed by atoms with Gasteiger partial charge in [0.1, 0.15) is 0 Å². The molecular formula is C13H16Cl2N2O. The van der Waals surface area contributed by atoms with Crippen LogP contribution < -0.4 is 5.32 Å². The summed E-state index contributed by atoms with van der Waals surface area (Å²) in [6.07, 6.45) is 0.801. The van der Waals surface area contributed by atoms with Crippen LogP contribution in [0, 0.1) is 0 Å². The molecule has 1 N–H and O–H groups in total. The van der Waals surface area contributed by atoms with Crippen molar-refractivity contribution in [1.29, 1.82) is 0 Å². The minimum Gasteiger partial charge on any atom is -0.334 e. The number of rotatable bonds is 2. The van der Waals surface area contributed by atoms with Crippen LogP contribution >= 0.6 is 23.2 Å². The Morgan fingerprint density at radius 2 is 2.22 bits per heavy atom. The third-order valence-electron chi connectivity index (χ3n) is 3.34. The molecule has 1 aliphatic heterocycles. The smallest absolute Gasteiger partial charge is 0.237 e. The first-order valence-electron chi connectivity index (χ1n) is 5.96. The number of nitrogens with one attached hydrogen (secondary N) is 1. The minimum absolute atomic E-state index is 0.000586. The van der Waals surface area contributed by atoms with Gasteiger partial charge in [-0.15, -0.1) is 0 Å². The third kappa shape index (κ3) is 2.48. The lowest BCUT2D eigenvalue weighted by Gasteiger charge is -2.36. The molecule has 0 radical (unpaired) electrons. The Labute approximate surface area is 117 Å². The molecule has 1 unspecified atom stereocenters. The van der Waals surface area contributed by atoms with Crippen molar-refractivity contribution in [3.63, 3.8) is 0 Å². The van der Waals surface area contributed by atoms with Crippen molar-refractivity contribution in [3.05, 3.63) is 33.3 Å². The number of hydrogen-bond acceptors (Lipinski definition) is 2. The van der Waals surface area contributed by atoms with Gasteiger partial charge in [0.2, 0.25) is 5.91 Å². The van der Waals surface area contributed by atoms with Crippen LogP contribution in [0.1, 0.15) is 24.1 Å². The van der Waals surface area contributed by atoms with Gasteiger partial charge in [0.15, 0.2) is 0 Å². The fourth-order valence-electron chi connectivity index (χ4n) is 2.50. The van der Waals surface area contributed by atoms with E-state index >= 15 is 0 Å². The van der Waals surface area contributed by atoms with Crippen molar-refractivity contribution in [1.82, 2.24) is 10.2 Å². The Balaban J connectivity index is 2.33. The molecule has 0 saturated carbocycles. The first-order chi connectivity index (χ1) is 8.54. The van der Waals surface area contributed by atoms with Crippen molar-refractivity contribution in [3.8, 4) is 0 Å². The summed E-state index contributed by atoms with van der Waals surface area (Å²) in [4.78, 5) is 13.9. The molecule has 1 aromatic carbocycles. The van der Waals surface area contributed by atoms with Crippen molar-refractivity contribution >= 4 is 29.1 Å². The maximum atomic E-state index is 12.0. The second kappa shape index (κ2) is 5.47. The number of carbonyl (C=O) groups excluding carboxylic acids is 1. The Morgan fingerprint density at radius 1 is 1.50 bits per heavy atom. The molecule has 0 saturated heterocycles. The van der Waals surface area contributed by atoms with Crippen LogP contribution in [-0.2, 0) is 11.2 Å². The summed E-state index contributed by atoms with van der Waals surface area (Å²) in [6.45, 7) is 3.07. The highest BCUT2D eigenvalue weighted by atomic mass is 35.5. The van der Waals surface area contributed by atoms with E-state index in [1.54, 1.807) is 13.1 Å². The maximum absolute atomic E-state index is 12.0. The standard InChI is InChI=1S/C13H16Cl2N2O/c1-8-13-9(5-10(14)6-11(13)15)3-4-17(8)12(18)7-16-2/h5-6,8,16H,3-4,7H2,1-2H3. The van der Waals surface area contributed by atoms with Gasteiger partial charge in [-0.1, -0.05) is 23.2 Å². The number of amides is 1. The second-order valence-corrected chi connectivity index (χ2v) is 5.35. The van der Waals surface area contributed by atoms with Crippen LogP contribution in [-0.4, -0.2) is 30.9 Å². The van der Waals surface area contributed by atoms with Gasteiger partial charge in [-0.2, -0.15) is 0 Å². The van der Waals surface area contributed by atoms with Crippen molar-refractivity contribution < 1.29 is 4.79 Å². The summed E-state index contributed by atoms with van der Waals surface area (Å²) in [5.74, 6) is 0.0988. The highest BCUT2D eigenvalue weighted by Gasteiger charge is 2.29. The first-order valence-corrected chi connectivity index (χ1v) is 6.72. The fourth-order valence-corrected chi connectivity index (χ4v) is 3.19. The van der Waals surface area contributed by atoms with Crippen LogP contribution in [0.3, 0.4) is 0 Å².